The van der Waals surface area contributed by atoms with Gasteiger partial charge in [0.05, 0.1) is 11.8 Å². The summed E-state index contributed by atoms with van der Waals surface area (Å²) in [5.41, 5.74) is 6.03. The first-order chi connectivity index (χ1) is 8.72. The summed E-state index contributed by atoms with van der Waals surface area (Å²) < 4.78 is 13.1. The third kappa shape index (κ3) is 2.85. The number of amides is 1. The summed E-state index contributed by atoms with van der Waals surface area (Å²) in [7, 11) is 0. The van der Waals surface area contributed by atoms with Gasteiger partial charge in [-0.1, -0.05) is 12.8 Å². The summed E-state index contributed by atoms with van der Waals surface area (Å²) in [6.45, 7) is 1.14. The van der Waals surface area contributed by atoms with Gasteiger partial charge in [-0.25, -0.2) is 4.39 Å². The molecule has 0 bridgehead atoms. The molecule has 0 radical (unpaired) electrons. The third-order valence-corrected chi connectivity index (χ3v) is 3.36. The zero-order chi connectivity index (χ0) is 13.0. The molecule has 0 spiro atoms. The highest BCUT2D eigenvalue weighted by Gasteiger charge is 2.25. The zero-order valence-corrected chi connectivity index (χ0v) is 10.3. The third-order valence-electron chi connectivity index (χ3n) is 3.36. The number of hydrogen-bond acceptors (Lipinski definition) is 3. The van der Waals surface area contributed by atoms with Gasteiger partial charge in [0.25, 0.3) is 5.91 Å². The molecular weight excluding hydrogens is 233 g/mol. The van der Waals surface area contributed by atoms with E-state index in [1.54, 1.807) is 4.90 Å². The smallest absolute Gasteiger partial charge is 0.255 e. The van der Waals surface area contributed by atoms with Crippen molar-refractivity contribution in [1.29, 1.82) is 0 Å². The maximum atomic E-state index is 13.1. The highest BCUT2D eigenvalue weighted by atomic mass is 19.1. The van der Waals surface area contributed by atoms with Crippen LogP contribution < -0.4 is 5.73 Å². The average Bonchev–Trinajstić information content (AvgIpc) is 2.62. The minimum absolute atomic E-state index is 0.0586. The molecule has 1 aromatic heterocycles. The van der Waals surface area contributed by atoms with Crippen LogP contribution in [0.25, 0.3) is 0 Å². The molecule has 1 saturated heterocycles. The second kappa shape index (κ2) is 5.91. The van der Waals surface area contributed by atoms with E-state index in [0.717, 1.165) is 31.9 Å². The van der Waals surface area contributed by atoms with Crippen LogP contribution in [0.3, 0.4) is 0 Å². The first-order valence-electron chi connectivity index (χ1n) is 6.34. The standard InChI is InChI=1S/C13H18FN3O/c14-11-6-10(8-16-9-11)13(18)17-5-3-1-2-4-12(17)7-15/h6,8-9,12H,1-5,7,15H2. The number of nitrogens with two attached hydrogens (primary N) is 1. The van der Waals surface area contributed by atoms with E-state index in [-0.39, 0.29) is 11.9 Å². The molecule has 1 atom stereocenters. The van der Waals surface area contributed by atoms with Crippen molar-refractivity contribution < 1.29 is 9.18 Å². The van der Waals surface area contributed by atoms with Crippen LogP contribution in [0.1, 0.15) is 36.0 Å². The molecule has 1 aliphatic heterocycles. The van der Waals surface area contributed by atoms with E-state index in [2.05, 4.69) is 4.98 Å². The quantitative estimate of drug-likeness (QED) is 0.867. The van der Waals surface area contributed by atoms with E-state index in [9.17, 15) is 9.18 Å². The van der Waals surface area contributed by atoms with Gasteiger partial charge in [0.2, 0.25) is 0 Å². The SMILES string of the molecule is NCC1CCCCCN1C(=O)c1cncc(F)c1. The lowest BCUT2D eigenvalue weighted by molar-refractivity contribution is 0.0688. The van der Waals surface area contributed by atoms with Crippen LogP contribution >= 0.6 is 0 Å². The van der Waals surface area contributed by atoms with Crippen molar-refractivity contribution in [3.8, 4) is 0 Å². The number of rotatable bonds is 2. The molecule has 2 N–H and O–H groups in total. The molecule has 2 rings (SSSR count). The molecular formula is C13H18FN3O. The van der Waals surface area contributed by atoms with E-state index in [0.29, 0.717) is 18.7 Å². The predicted molar refractivity (Wildman–Crippen MR) is 66.5 cm³/mol. The fourth-order valence-electron chi connectivity index (χ4n) is 2.38. The van der Waals surface area contributed by atoms with Gasteiger partial charge in [0.1, 0.15) is 5.82 Å². The molecule has 18 heavy (non-hydrogen) atoms. The summed E-state index contributed by atoms with van der Waals surface area (Å²) in [6.07, 6.45) is 6.61. The number of hydrogen-bond donors (Lipinski definition) is 1. The van der Waals surface area contributed by atoms with Gasteiger partial charge >= 0.3 is 0 Å². The Labute approximate surface area is 106 Å². The summed E-state index contributed by atoms with van der Waals surface area (Å²) in [5.74, 6) is -0.653. The van der Waals surface area contributed by atoms with Gasteiger partial charge in [0.15, 0.2) is 0 Å². The summed E-state index contributed by atoms with van der Waals surface area (Å²) in [6, 6.07) is 1.29. The van der Waals surface area contributed by atoms with Crippen LogP contribution in [-0.2, 0) is 0 Å². The van der Waals surface area contributed by atoms with Gasteiger partial charge in [0, 0.05) is 25.3 Å². The lowest BCUT2D eigenvalue weighted by atomic mass is 10.1. The molecule has 1 fully saturated rings. The molecule has 1 unspecified atom stereocenters. The summed E-state index contributed by atoms with van der Waals surface area (Å²) in [4.78, 5) is 17.8. The lowest BCUT2D eigenvalue weighted by Crippen LogP contribution is -2.44. The largest absolute Gasteiger partial charge is 0.334 e. The molecule has 98 valence electrons. The van der Waals surface area contributed by atoms with Gasteiger partial charge in [-0.2, -0.15) is 0 Å². The topological polar surface area (TPSA) is 59.2 Å². The Kier molecular flexibility index (Phi) is 4.25. The van der Waals surface area contributed by atoms with Gasteiger partial charge in [-0.15, -0.1) is 0 Å². The van der Waals surface area contributed by atoms with Crippen LogP contribution in [0.4, 0.5) is 4.39 Å². The van der Waals surface area contributed by atoms with Crippen molar-refractivity contribution >= 4 is 5.91 Å². The fraction of sp³-hybridized carbons (Fsp3) is 0.538. The normalized spacial score (nSPS) is 20.6. The second-order valence-corrected chi connectivity index (χ2v) is 4.63. The molecule has 0 saturated carbocycles. The molecule has 1 aliphatic rings. The number of halogens is 1. The zero-order valence-electron chi connectivity index (χ0n) is 10.3. The number of carbonyl (C=O) groups excluding carboxylic acids is 1. The van der Waals surface area contributed by atoms with Crippen LogP contribution in [0.5, 0.6) is 0 Å². The highest BCUT2D eigenvalue weighted by Crippen LogP contribution is 2.18. The molecule has 1 aromatic rings. The Bertz CT molecular complexity index is 424. The molecule has 5 heteroatoms. The number of pyridine rings is 1. The van der Waals surface area contributed by atoms with Crippen LogP contribution in [-0.4, -0.2) is 34.9 Å². The van der Waals surface area contributed by atoms with Gasteiger partial charge in [-0.05, 0) is 18.9 Å². The number of carbonyl (C=O) groups is 1. The van der Waals surface area contributed by atoms with E-state index >= 15 is 0 Å². The first-order valence-corrected chi connectivity index (χ1v) is 6.34. The monoisotopic (exact) mass is 251 g/mol. The fourth-order valence-corrected chi connectivity index (χ4v) is 2.38. The molecule has 4 nitrogen and oxygen atoms in total. The Hall–Kier alpha value is -1.49. The maximum absolute atomic E-state index is 13.1. The predicted octanol–water partition coefficient (Wildman–Crippen LogP) is 1.56. The van der Waals surface area contributed by atoms with E-state index in [1.807, 2.05) is 0 Å². The van der Waals surface area contributed by atoms with Crippen molar-refractivity contribution in [2.45, 2.75) is 31.7 Å². The van der Waals surface area contributed by atoms with E-state index in [1.165, 1.54) is 12.3 Å². The van der Waals surface area contributed by atoms with Crippen LogP contribution in [0, 0.1) is 5.82 Å². The maximum Gasteiger partial charge on any atom is 0.255 e. The Morgan fingerprint density at radius 2 is 2.28 bits per heavy atom. The van der Waals surface area contributed by atoms with Crippen LogP contribution in [0.2, 0.25) is 0 Å². The summed E-state index contributed by atoms with van der Waals surface area (Å²) in [5, 5.41) is 0. The summed E-state index contributed by atoms with van der Waals surface area (Å²) >= 11 is 0. The number of likely N-dealkylation sites (tertiary alicyclic amines) is 1. The number of aromatic nitrogens is 1. The number of nitrogens with zero attached hydrogens (tertiary/aromatic N) is 2. The molecule has 0 aliphatic carbocycles. The lowest BCUT2D eigenvalue weighted by Gasteiger charge is -2.29. The Balaban J connectivity index is 2.19. The minimum Gasteiger partial charge on any atom is -0.334 e. The molecule has 1 amide bonds. The minimum atomic E-state index is -0.486. The first kappa shape index (κ1) is 13.0. The van der Waals surface area contributed by atoms with Gasteiger partial charge < -0.3 is 10.6 Å². The second-order valence-electron chi connectivity index (χ2n) is 4.63. The van der Waals surface area contributed by atoms with E-state index in [4.69, 9.17) is 5.73 Å². The Morgan fingerprint density at radius 3 is 3.00 bits per heavy atom. The van der Waals surface area contributed by atoms with Crippen molar-refractivity contribution in [2.75, 3.05) is 13.1 Å². The van der Waals surface area contributed by atoms with Gasteiger partial charge in [-0.3, -0.25) is 9.78 Å². The molecule has 0 aromatic carbocycles. The van der Waals surface area contributed by atoms with Crippen molar-refractivity contribution in [3.05, 3.63) is 29.8 Å². The molecule has 2 heterocycles. The Morgan fingerprint density at radius 1 is 1.44 bits per heavy atom. The highest BCUT2D eigenvalue weighted by molar-refractivity contribution is 5.94. The van der Waals surface area contributed by atoms with Crippen molar-refractivity contribution in [1.82, 2.24) is 9.88 Å². The van der Waals surface area contributed by atoms with Crippen molar-refractivity contribution in [3.63, 3.8) is 0 Å². The average molecular weight is 251 g/mol. The van der Waals surface area contributed by atoms with E-state index < -0.39 is 5.82 Å². The van der Waals surface area contributed by atoms with Crippen LogP contribution in [0.15, 0.2) is 18.5 Å². The van der Waals surface area contributed by atoms with Crippen molar-refractivity contribution in [2.24, 2.45) is 5.73 Å².